The van der Waals surface area contributed by atoms with Gasteiger partial charge in [0.15, 0.2) is 11.6 Å². The molecule has 0 radical (unpaired) electrons. The van der Waals surface area contributed by atoms with Crippen LogP contribution in [0.25, 0.3) is 0 Å². The standard InChI is InChI=1S/C14H11NO6S/c15-12-9(22(19,20)21)5-8(16)10-11(12)14(18)7-4-2-1-3-6(7)13(10)17/h1-5,10-11,16H,15H2,(H,19,20,21)/t10-,11-/m0/s1. The minimum absolute atomic E-state index is 0.112. The number of rotatable bonds is 1. The topological polar surface area (TPSA) is 135 Å². The zero-order valence-corrected chi connectivity index (χ0v) is 11.9. The number of carbonyl (C=O) groups excluding carboxylic acids is 2. The van der Waals surface area contributed by atoms with E-state index in [-0.39, 0.29) is 11.1 Å². The molecule has 0 spiro atoms. The fraction of sp³-hybridized carbons (Fsp3) is 0.143. The van der Waals surface area contributed by atoms with Crippen LogP contribution in [-0.2, 0) is 10.1 Å². The largest absolute Gasteiger partial charge is 0.511 e. The highest BCUT2D eigenvalue weighted by Gasteiger charge is 2.48. The summed E-state index contributed by atoms with van der Waals surface area (Å²) in [5, 5.41) is 9.99. The number of hydrogen-bond donors (Lipinski definition) is 3. The maximum atomic E-state index is 12.5. The van der Waals surface area contributed by atoms with Crippen molar-refractivity contribution in [3.8, 4) is 0 Å². The van der Waals surface area contributed by atoms with Gasteiger partial charge in [0.25, 0.3) is 10.1 Å². The molecule has 0 amide bonds. The lowest BCUT2D eigenvalue weighted by Crippen LogP contribution is -2.43. The molecule has 3 rings (SSSR count). The van der Waals surface area contributed by atoms with E-state index in [2.05, 4.69) is 0 Å². The molecule has 0 bridgehead atoms. The highest BCUT2D eigenvalue weighted by atomic mass is 32.2. The normalized spacial score (nSPS) is 24.7. The Labute approximate surface area is 125 Å². The van der Waals surface area contributed by atoms with Crippen molar-refractivity contribution >= 4 is 21.7 Å². The van der Waals surface area contributed by atoms with E-state index in [1.54, 1.807) is 12.1 Å². The summed E-state index contributed by atoms with van der Waals surface area (Å²) in [6.07, 6.45) is 0.713. The summed E-state index contributed by atoms with van der Waals surface area (Å²) in [6.45, 7) is 0. The summed E-state index contributed by atoms with van der Waals surface area (Å²) < 4.78 is 31.8. The van der Waals surface area contributed by atoms with Gasteiger partial charge in [0.05, 0.1) is 11.8 Å². The van der Waals surface area contributed by atoms with Gasteiger partial charge in [-0.25, -0.2) is 0 Å². The summed E-state index contributed by atoms with van der Waals surface area (Å²) >= 11 is 0. The molecular weight excluding hydrogens is 310 g/mol. The first-order valence-electron chi connectivity index (χ1n) is 6.28. The van der Waals surface area contributed by atoms with Crippen molar-refractivity contribution in [3.63, 3.8) is 0 Å². The summed E-state index contributed by atoms with van der Waals surface area (Å²) in [4.78, 5) is 24.3. The lowest BCUT2D eigenvalue weighted by Gasteiger charge is -2.33. The second kappa shape index (κ2) is 4.52. The Morgan fingerprint density at radius 2 is 1.50 bits per heavy atom. The molecule has 0 fully saturated rings. The second-order valence-corrected chi connectivity index (χ2v) is 6.48. The maximum Gasteiger partial charge on any atom is 0.296 e. The van der Waals surface area contributed by atoms with Crippen LogP contribution in [-0.4, -0.2) is 29.6 Å². The van der Waals surface area contributed by atoms with Crippen molar-refractivity contribution in [2.24, 2.45) is 17.6 Å². The molecule has 8 heteroatoms. The molecule has 7 nitrogen and oxygen atoms in total. The van der Waals surface area contributed by atoms with Crippen LogP contribution < -0.4 is 5.73 Å². The first-order chi connectivity index (χ1) is 10.2. The summed E-state index contributed by atoms with van der Waals surface area (Å²) in [5.74, 6) is -4.32. The van der Waals surface area contributed by atoms with Gasteiger partial charge in [-0.05, 0) is 6.08 Å². The number of carbonyl (C=O) groups is 2. The zero-order chi connectivity index (χ0) is 16.2. The Kier molecular flexibility index (Phi) is 2.98. The molecule has 0 aliphatic heterocycles. The molecule has 0 aromatic heterocycles. The van der Waals surface area contributed by atoms with Gasteiger partial charge in [-0.15, -0.1) is 0 Å². The highest BCUT2D eigenvalue weighted by molar-refractivity contribution is 7.90. The van der Waals surface area contributed by atoms with Gasteiger partial charge in [0.2, 0.25) is 0 Å². The number of nitrogens with two attached hydrogens (primary N) is 1. The van der Waals surface area contributed by atoms with Crippen LogP contribution in [0.4, 0.5) is 0 Å². The van der Waals surface area contributed by atoms with E-state index in [1.165, 1.54) is 12.1 Å². The highest BCUT2D eigenvalue weighted by Crippen LogP contribution is 2.41. The minimum Gasteiger partial charge on any atom is -0.511 e. The van der Waals surface area contributed by atoms with Gasteiger partial charge in [0.1, 0.15) is 10.7 Å². The molecule has 0 saturated carbocycles. The van der Waals surface area contributed by atoms with Gasteiger partial charge in [-0.3, -0.25) is 14.1 Å². The molecular formula is C14H11NO6S. The number of ketones is 2. The number of aliphatic hydroxyl groups excluding tert-OH is 1. The van der Waals surface area contributed by atoms with Crippen LogP contribution in [0.1, 0.15) is 20.7 Å². The van der Waals surface area contributed by atoms with Crippen LogP contribution >= 0.6 is 0 Å². The molecule has 0 unspecified atom stereocenters. The Morgan fingerprint density at radius 3 is 2.00 bits per heavy atom. The first kappa shape index (κ1) is 14.5. The van der Waals surface area contributed by atoms with E-state index in [0.717, 1.165) is 0 Å². The summed E-state index contributed by atoms with van der Waals surface area (Å²) in [6, 6.07) is 6.03. The number of fused-ring (bicyclic) bond motifs is 2. The third kappa shape index (κ3) is 1.88. The van der Waals surface area contributed by atoms with Gasteiger partial charge in [-0.2, -0.15) is 8.42 Å². The predicted molar refractivity (Wildman–Crippen MR) is 75.6 cm³/mol. The average molecular weight is 321 g/mol. The second-order valence-electron chi connectivity index (χ2n) is 5.09. The van der Waals surface area contributed by atoms with E-state index < -0.39 is 49.9 Å². The van der Waals surface area contributed by atoms with E-state index in [1.807, 2.05) is 0 Å². The number of allylic oxidation sites excluding steroid dienone is 3. The van der Waals surface area contributed by atoms with Crippen LogP contribution in [0.15, 0.2) is 46.7 Å². The fourth-order valence-electron chi connectivity index (χ4n) is 2.86. The minimum atomic E-state index is -4.72. The van der Waals surface area contributed by atoms with Crippen LogP contribution in [0.2, 0.25) is 0 Å². The molecule has 1 aromatic carbocycles. The van der Waals surface area contributed by atoms with Gasteiger partial charge in [0, 0.05) is 16.8 Å². The Balaban J connectivity index is 2.28. The summed E-state index contributed by atoms with van der Waals surface area (Å²) in [5.41, 5.74) is 5.52. The van der Waals surface area contributed by atoms with E-state index >= 15 is 0 Å². The quantitative estimate of drug-likeness (QED) is 0.651. The molecule has 2 aliphatic carbocycles. The molecule has 114 valence electrons. The van der Waals surface area contributed by atoms with Gasteiger partial charge >= 0.3 is 0 Å². The lowest BCUT2D eigenvalue weighted by molar-refractivity contribution is 0.0747. The third-order valence-corrected chi connectivity index (χ3v) is 4.76. The Hall–Kier alpha value is -2.45. The van der Waals surface area contributed by atoms with Crippen molar-refractivity contribution in [1.82, 2.24) is 0 Å². The van der Waals surface area contributed by atoms with E-state index in [4.69, 9.17) is 10.3 Å². The number of aliphatic hydroxyl groups is 1. The van der Waals surface area contributed by atoms with Crippen molar-refractivity contribution < 1.29 is 27.7 Å². The van der Waals surface area contributed by atoms with Gasteiger partial charge < -0.3 is 10.8 Å². The van der Waals surface area contributed by atoms with Crippen molar-refractivity contribution in [1.29, 1.82) is 0 Å². The monoisotopic (exact) mass is 321 g/mol. The lowest BCUT2D eigenvalue weighted by atomic mass is 9.70. The Morgan fingerprint density at radius 1 is 1.00 bits per heavy atom. The molecule has 0 saturated heterocycles. The first-order valence-corrected chi connectivity index (χ1v) is 7.72. The van der Waals surface area contributed by atoms with Gasteiger partial charge in [-0.1, -0.05) is 24.3 Å². The van der Waals surface area contributed by atoms with E-state index in [9.17, 15) is 23.1 Å². The van der Waals surface area contributed by atoms with E-state index in [0.29, 0.717) is 6.08 Å². The number of Topliss-reactive ketones (excluding diaryl/α,β-unsaturated/α-hetero) is 2. The Bertz CT molecular complexity index is 880. The van der Waals surface area contributed by atoms with Crippen LogP contribution in [0, 0.1) is 11.8 Å². The van der Waals surface area contributed by atoms with Crippen LogP contribution in [0.3, 0.4) is 0 Å². The zero-order valence-electron chi connectivity index (χ0n) is 11.1. The molecule has 4 N–H and O–H groups in total. The van der Waals surface area contributed by atoms with Crippen LogP contribution in [0.5, 0.6) is 0 Å². The molecule has 2 aliphatic rings. The SMILES string of the molecule is NC1=C(S(=O)(=O)O)C=C(O)[C@@H]2C(=O)c3ccccc3C(=O)[C@H]12. The maximum absolute atomic E-state index is 12.5. The molecule has 2 atom stereocenters. The smallest absolute Gasteiger partial charge is 0.296 e. The molecule has 22 heavy (non-hydrogen) atoms. The average Bonchev–Trinajstić information content (AvgIpc) is 2.45. The third-order valence-electron chi connectivity index (χ3n) is 3.85. The molecule has 1 aromatic rings. The summed E-state index contributed by atoms with van der Waals surface area (Å²) in [7, 11) is -4.72. The predicted octanol–water partition coefficient (Wildman–Crippen LogP) is 0.812. The molecule has 0 heterocycles. The number of hydrogen-bond acceptors (Lipinski definition) is 6. The van der Waals surface area contributed by atoms with Crippen molar-refractivity contribution in [2.45, 2.75) is 0 Å². The number of benzene rings is 1. The van der Waals surface area contributed by atoms with Crippen molar-refractivity contribution in [3.05, 3.63) is 57.8 Å². The van der Waals surface area contributed by atoms with Crippen molar-refractivity contribution in [2.75, 3.05) is 0 Å². The fourth-order valence-corrected chi connectivity index (χ4v) is 3.56.